The van der Waals surface area contributed by atoms with E-state index in [1.165, 1.54) is 6.07 Å². The number of rotatable bonds is 2. The highest BCUT2D eigenvalue weighted by atomic mass is 35.5. The molecule has 0 aromatic heterocycles. The van der Waals surface area contributed by atoms with Crippen LogP contribution in [-0.4, -0.2) is 11.3 Å². The summed E-state index contributed by atoms with van der Waals surface area (Å²) in [5, 5.41) is 2.88. The lowest BCUT2D eigenvalue weighted by atomic mass is 10.2. The lowest BCUT2D eigenvalue weighted by Crippen LogP contribution is -2.24. The normalized spacial score (nSPS) is 10.6. The van der Waals surface area contributed by atoms with Crippen LogP contribution in [0.3, 0.4) is 0 Å². The summed E-state index contributed by atoms with van der Waals surface area (Å²) >= 11 is 9.81. The van der Waals surface area contributed by atoms with E-state index in [1.807, 2.05) is 0 Å². The van der Waals surface area contributed by atoms with Crippen LogP contribution in [-0.2, 0) is 0 Å². The van der Waals surface area contributed by atoms with Crippen LogP contribution in [0.1, 0.15) is 5.56 Å². The summed E-state index contributed by atoms with van der Waals surface area (Å²) in [6.45, 7) is 0. The molecular formula is C8H6ClF2N3S. The molecule has 80 valence electrons. The van der Waals surface area contributed by atoms with E-state index in [0.29, 0.717) is 0 Å². The predicted octanol–water partition coefficient (Wildman–Crippen LogP) is 1.79. The number of hydrazone groups is 1. The molecule has 0 spiro atoms. The molecule has 0 fully saturated rings. The van der Waals surface area contributed by atoms with E-state index in [4.69, 9.17) is 17.3 Å². The zero-order valence-electron chi connectivity index (χ0n) is 7.30. The smallest absolute Gasteiger partial charge is 0.184 e. The maximum atomic E-state index is 13.2. The number of benzene rings is 1. The Morgan fingerprint density at radius 1 is 1.53 bits per heavy atom. The third-order valence-electron chi connectivity index (χ3n) is 1.44. The van der Waals surface area contributed by atoms with Crippen LogP contribution in [0.5, 0.6) is 0 Å². The summed E-state index contributed by atoms with van der Waals surface area (Å²) in [6.07, 6.45) is 1.10. The van der Waals surface area contributed by atoms with Crippen LogP contribution in [0.25, 0.3) is 0 Å². The van der Waals surface area contributed by atoms with Crippen LogP contribution in [0, 0.1) is 11.6 Å². The minimum absolute atomic E-state index is 0.0325. The standard InChI is InChI=1S/C8H6ClF2N3S/c9-6-5(10)2-1-4(7(6)11)3-13-14-8(12)15/h1-3H,(H3,12,14,15). The maximum Gasteiger partial charge on any atom is 0.184 e. The number of halogens is 3. The van der Waals surface area contributed by atoms with Gasteiger partial charge in [-0.05, 0) is 24.4 Å². The second-order valence-corrected chi connectivity index (χ2v) is 3.32. The van der Waals surface area contributed by atoms with Gasteiger partial charge in [-0.15, -0.1) is 0 Å². The van der Waals surface area contributed by atoms with E-state index in [-0.39, 0.29) is 10.7 Å². The Morgan fingerprint density at radius 2 is 2.20 bits per heavy atom. The minimum Gasteiger partial charge on any atom is -0.375 e. The van der Waals surface area contributed by atoms with Gasteiger partial charge in [0.15, 0.2) is 10.9 Å². The number of hydrogen-bond donors (Lipinski definition) is 2. The highest BCUT2D eigenvalue weighted by Crippen LogP contribution is 2.20. The van der Waals surface area contributed by atoms with Crippen LogP contribution >= 0.6 is 23.8 Å². The highest BCUT2D eigenvalue weighted by Gasteiger charge is 2.09. The first-order valence-electron chi connectivity index (χ1n) is 3.74. The average Bonchev–Trinajstić information content (AvgIpc) is 2.18. The molecule has 0 aliphatic heterocycles. The Kier molecular flexibility index (Phi) is 3.93. The van der Waals surface area contributed by atoms with Gasteiger partial charge in [-0.25, -0.2) is 8.78 Å². The van der Waals surface area contributed by atoms with Gasteiger partial charge < -0.3 is 5.73 Å². The molecule has 0 aliphatic carbocycles. The van der Waals surface area contributed by atoms with Crippen molar-refractivity contribution < 1.29 is 8.78 Å². The lowest BCUT2D eigenvalue weighted by molar-refractivity contribution is 0.583. The predicted molar refractivity (Wildman–Crippen MR) is 58.9 cm³/mol. The van der Waals surface area contributed by atoms with Crippen molar-refractivity contribution >= 4 is 35.1 Å². The van der Waals surface area contributed by atoms with Crippen molar-refractivity contribution in [1.82, 2.24) is 5.43 Å². The van der Waals surface area contributed by atoms with Gasteiger partial charge in [0.25, 0.3) is 0 Å². The van der Waals surface area contributed by atoms with Crippen molar-refractivity contribution in [2.24, 2.45) is 10.8 Å². The summed E-state index contributed by atoms with van der Waals surface area (Å²) in [5.41, 5.74) is 7.34. The average molecular weight is 250 g/mol. The summed E-state index contributed by atoms with van der Waals surface area (Å²) in [7, 11) is 0. The van der Waals surface area contributed by atoms with Crippen LogP contribution < -0.4 is 11.2 Å². The number of hydrogen-bond acceptors (Lipinski definition) is 2. The van der Waals surface area contributed by atoms with Crippen molar-refractivity contribution in [3.05, 3.63) is 34.4 Å². The quantitative estimate of drug-likeness (QED) is 0.364. The Bertz CT molecular complexity index is 423. The Hall–Kier alpha value is -1.27. The third-order valence-corrected chi connectivity index (χ3v) is 1.88. The van der Waals surface area contributed by atoms with E-state index in [1.54, 1.807) is 0 Å². The number of thiocarbonyl (C=S) groups is 1. The molecule has 15 heavy (non-hydrogen) atoms. The van der Waals surface area contributed by atoms with E-state index in [2.05, 4.69) is 22.7 Å². The molecule has 0 aliphatic rings. The summed E-state index contributed by atoms with van der Waals surface area (Å²) in [4.78, 5) is 0. The highest BCUT2D eigenvalue weighted by molar-refractivity contribution is 7.80. The molecule has 0 radical (unpaired) electrons. The Balaban J connectivity index is 2.92. The monoisotopic (exact) mass is 249 g/mol. The third kappa shape index (κ3) is 3.10. The second kappa shape index (κ2) is 4.99. The fraction of sp³-hybridized carbons (Fsp3) is 0. The number of nitrogens with one attached hydrogen (secondary N) is 1. The summed E-state index contributed by atoms with van der Waals surface area (Å²) < 4.78 is 26.0. The molecule has 7 heteroatoms. The first-order valence-corrected chi connectivity index (χ1v) is 4.53. The molecule has 3 nitrogen and oxygen atoms in total. The molecule has 3 N–H and O–H groups in total. The van der Waals surface area contributed by atoms with Gasteiger partial charge in [-0.2, -0.15) is 5.10 Å². The lowest BCUT2D eigenvalue weighted by Gasteiger charge is -2.00. The minimum atomic E-state index is -0.884. The maximum absolute atomic E-state index is 13.2. The van der Waals surface area contributed by atoms with Gasteiger partial charge in [0.05, 0.1) is 6.21 Å². The molecule has 0 atom stereocenters. The van der Waals surface area contributed by atoms with Gasteiger partial charge in [-0.1, -0.05) is 11.6 Å². The van der Waals surface area contributed by atoms with Gasteiger partial charge in [0.1, 0.15) is 10.8 Å². The first kappa shape index (κ1) is 11.8. The fourth-order valence-corrected chi connectivity index (χ4v) is 1.03. The zero-order valence-corrected chi connectivity index (χ0v) is 8.87. The van der Waals surface area contributed by atoms with Crippen molar-refractivity contribution in [3.63, 3.8) is 0 Å². The van der Waals surface area contributed by atoms with Crippen molar-refractivity contribution in [3.8, 4) is 0 Å². The zero-order chi connectivity index (χ0) is 11.4. The van der Waals surface area contributed by atoms with Crippen molar-refractivity contribution in [2.45, 2.75) is 0 Å². The molecular weight excluding hydrogens is 244 g/mol. The van der Waals surface area contributed by atoms with E-state index in [0.717, 1.165) is 12.3 Å². The van der Waals surface area contributed by atoms with Gasteiger partial charge in [-0.3, -0.25) is 5.43 Å². The number of nitrogens with two attached hydrogens (primary N) is 1. The molecule has 1 aromatic carbocycles. The summed E-state index contributed by atoms with van der Waals surface area (Å²) in [6, 6.07) is 2.23. The number of nitrogens with zero attached hydrogens (tertiary/aromatic N) is 1. The molecule has 0 amide bonds. The molecule has 0 bridgehead atoms. The van der Waals surface area contributed by atoms with Crippen LogP contribution in [0.2, 0.25) is 5.02 Å². The largest absolute Gasteiger partial charge is 0.375 e. The van der Waals surface area contributed by atoms with Crippen molar-refractivity contribution in [2.75, 3.05) is 0 Å². The molecule has 0 unspecified atom stereocenters. The molecule has 0 saturated heterocycles. The molecule has 1 aromatic rings. The van der Waals surface area contributed by atoms with Crippen LogP contribution in [0.15, 0.2) is 17.2 Å². The van der Waals surface area contributed by atoms with Crippen molar-refractivity contribution in [1.29, 1.82) is 0 Å². The SMILES string of the molecule is NC(=S)NN=Cc1ccc(F)c(Cl)c1F. The second-order valence-electron chi connectivity index (χ2n) is 2.50. The van der Waals surface area contributed by atoms with E-state index >= 15 is 0 Å². The Labute approximate surface area is 94.9 Å². The topological polar surface area (TPSA) is 50.4 Å². The molecule has 0 saturated carbocycles. The van der Waals surface area contributed by atoms with Crippen LogP contribution in [0.4, 0.5) is 8.78 Å². The van der Waals surface area contributed by atoms with E-state index in [9.17, 15) is 8.78 Å². The van der Waals surface area contributed by atoms with Gasteiger partial charge in [0, 0.05) is 5.56 Å². The van der Waals surface area contributed by atoms with Gasteiger partial charge >= 0.3 is 0 Å². The fourth-order valence-electron chi connectivity index (χ4n) is 0.806. The Morgan fingerprint density at radius 3 is 2.80 bits per heavy atom. The molecule has 1 rings (SSSR count). The first-order chi connectivity index (χ1) is 7.02. The van der Waals surface area contributed by atoms with Gasteiger partial charge in [0.2, 0.25) is 0 Å². The molecule has 0 heterocycles. The summed E-state index contributed by atoms with van der Waals surface area (Å²) in [5.74, 6) is -1.71. The van der Waals surface area contributed by atoms with E-state index < -0.39 is 16.7 Å².